The fourth-order valence-corrected chi connectivity index (χ4v) is 3.39. The third-order valence-electron chi connectivity index (χ3n) is 4.65. The van der Waals surface area contributed by atoms with Crippen LogP contribution in [0.25, 0.3) is 5.57 Å². The quantitative estimate of drug-likeness (QED) is 0.780. The smallest absolute Gasteiger partial charge is 0.246 e. The van der Waals surface area contributed by atoms with Crippen LogP contribution in [0.1, 0.15) is 31.7 Å². The Morgan fingerprint density at radius 3 is 2.75 bits per heavy atom. The lowest BCUT2D eigenvalue weighted by Gasteiger charge is -2.32. The molecular weight excluding hydrogens is 326 g/mol. The molecule has 0 bridgehead atoms. The Morgan fingerprint density at radius 2 is 2.08 bits per heavy atom. The second kappa shape index (κ2) is 8.15. The van der Waals surface area contributed by atoms with Gasteiger partial charge in [-0.15, -0.1) is 0 Å². The number of halogens is 1. The van der Waals surface area contributed by atoms with E-state index < -0.39 is 0 Å². The van der Waals surface area contributed by atoms with E-state index in [1.807, 2.05) is 36.1 Å². The van der Waals surface area contributed by atoms with Crippen molar-refractivity contribution in [1.29, 1.82) is 0 Å². The molecule has 2 aliphatic heterocycles. The van der Waals surface area contributed by atoms with Crippen molar-refractivity contribution < 1.29 is 14.3 Å². The largest absolute Gasteiger partial charge is 0.379 e. The summed E-state index contributed by atoms with van der Waals surface area (Å²) >= 11 is 6.01. The number of amides is 1. The lowest BCUT2D eigenvalue weighted by atomic mass is 10.1. The van der Waals surface area contributed by atoms with E-state index in [1.54, 1.807) is 6.08 Å². The van der Waals surface area contributed by atoms with Gasteiger partial charge in [0, 0.05) is 30.8 Å². The van der Waals surface area contributed by atoms with Crippen LogP contribution in [0.5, 0.6) is 0 Å². The van der Waals surface area contributed by atoms with Crippen LogP contribution in [0.2, 0.25) is 5.02 Å². The summed E-state index contributed by atoms with van der Waals surface area (Å²) in [4.78, 5) is 14.4. The molecule has 24 heavy (non-hydrogen) atoms. The van der Waals surface area contributed by atoms with E-state index >= 15 is 0 Å². The van der Waals surface area contributed by atoms with E-state index in [-0.39, 0.29) is 18.1 Å². The molecule has 4 nitrogen and oxygen atoms in total. The molecule has 5 heteroatoms. The van der Waals surface area contributed by atoms with Gasteiger partial charge in [-0.2, -0.15) is 0 Å². The monoisotopic (exact) mass is 349 g/mol. The number of piperidine rings is 1. The van der Waals surface area contributed by atoms with Gasteiger partial charge in [0.1, 0.15) is 0 Å². The summed E-state index contributed by atoms with van der Waals surface area (Å²) in [6, 6.07) is 7.58. The van der Waals surface area contributed by atoms with Gasteiger partial charge in [0.25, 0.3) is 0 Å². The zero-order valence-electron chi connectivity index (χ0n) is 14.0. The van der Waals surface area contributed by atoms with E-state index in [2.05, 4.69) is 0 Å². The van der Waals surface area contributed by atoms with Gasteiger partial charge in [0.15, 0.2) is 0 Å². The second-order valence-corrected chi connectivity index (χ2v) is 6.92. The van der Waals surface area contributed by atoms with Crippen molar-refractivity contribution in [3.05, 3.63) is 40.9 Å². The highest BCUT2D eigenvalue weighted by Gasteiger charge is 2.26. The summed E-state index contributed by atoms with van der Waals surface area (Å²) in [5, 5.41) is 0.682. The molecule has 0 aliphatic carbocycles. The number of likely N-dealkylation sites (tertiary alicyclic amines) is 1. The van der Waals surface area contributed by atoms with Gasteiger partial charge in [0.05, 0.1) is 18.8 Å². The van der Waals surface area contributed by atoms with Crippen molar-refractivity contribution in [1.82, 2.24) is 4.90 Å². The van der Waals surface area contributed by atoms with Crippen molar-refractivity contribution in [3.63, 3.8) is 0 Å². The van der Waals surface area contributed by atoms with E-state index in [9.17, 15) is 4.79 Å². The summed E-state index contributed by atoms with van der Waals surface area (Å²) in [6.45, 7) is 4.95. The number of ether oxygens (including phenoxy) is 2. The van der Waals surface area contributed by atoms with Crippen LogP contribution >= 0.6 is 11.6 Å². The first-order valence-electron chi connectivity index (χ1n) is 8.58. The van der Waals surface area contributed by atoms with E-state index in [0.717, 1.165) is 50.1 Å². The molecule has 130 valence electrons. The predicted molar refractivity (Wildman–Crippen MR) is 95.0 cm³/mol. The van der Waals surface area contributed by atoms with Gasteiger partial charge in [-0.25, -0.2) is 0 Å². The third kappa shape index (κ3) is 4.59. The molecule has 2 saturated heterocycles. The minimum absolute atomic E-state index is 0.0649. The predicted octanol–water partition coefficient (Wildman–Crippen LogP) is 3.54. The molecule has 1 atom stereocenters. The Balaban J connectivity index is 1.52. The lowest BCUT2D eigenvalue weighted by molar-refractivity contribution is -0.129. The molecule has 1 aromatic carbocycles. The van der Waals surface area contributed by atoms with Crippen molar-refractivity contribution in [2.75, 3.05) is 26.3 Å². The fourth-order valence-electron chi connectivity index (χ4n) is 3.20. The van der Waals surface area contributed by atoms with Crippen LogP contribution < -0.4 is 0 Å². The average molecular weight is 350 g/mol. The molecule has 0 spiro atoms. The van der Waals surface area contributed by atoms with Crippen molar-refractivity contribution in [2.24, 2.45) is 0 Å². The number of rotatable bonds is 4. The minimum Gasteiger partial charge on any atom is -0.379 e. The number of nitrogens with zero attached hydrogens (tertiary/aromatic N) is 1. The number of carbonyl (C=O) groups excluding carboxylic acids is 1. The topological polar surface area (TPSA) is 38.8 Å². The molecule has 3 rings (SSSR count). The second-order valence-electron chi connectivity index (χ2n) is 6.48. The molecule has 0 saturated carbocycles. The molecule has 1 aromatic rings. The summed E-state index contributed by atoms with van der Waals surface area (Å²) in [5.74, 6) is 0.0649. The highest BCUT2D eigenvalue weighted by Crippen LogP contribution is 2.21. The maximum atomic E-state index is 12.5. The molecule has 2 heterocycles. The van der Waals surface area contributed by atoms with Gasteiger partial charge in [0.2, 0.25) is 5.91 Å². The van der Waals surface area contributed by atoms with Crippen LogP contribution in [0.15, 0.2) is 30.3 Å². The first-order chi connectivity index (χ1) is 11.6. The molecule has 2 aliphatic rings. The zero-order valence-corrected chi connectivity index (χ0v) is 14.8. The number of hydrogen-bond donors (Lipinski definition) is 0. The molecular formula is C19H24ClNO3. The van der Waals surface area contributed by atoms with Gasteiger partial charge in [-0.05, 0) is 49.5 Å². The Morgan fingerprint density at radius 1 is 1.29 bits per heavy atom. The Labute approximate surface area is 148 Å². The minimum atomic E-state index is 0.0649. The van der Waals surface area contributed by atoms with Crippen LogP contribution in [0, 0.1) is 0 Å². The van der Waals surface area contributed by atoms with Crippen molar-refractivity contribution >= 4 is 23.1 Å². The highest BCUT2D eigenvalue weighted by atomic mass is 35.5. The first-order valence-corrected chi connectivity index (χ1v) is 8.96. The summed E-state index contributed by atoms with van der Waals surface area (Å²) < 4.78 is 11.4. The molecule has 1 unspecified atom stereocenters. The Kier molecular flexibility index (Phi) is 5.93. The highest BCUT2D eigenvalue weighted by molar-refractivity contribution is 6.30. The molecule has 0 aromatic heterocycles. The lowest BCUT2D eigenvalue weighted by Crippen LogP contribution is -2.41. The van der Waals surface area contributed by atoms with Gasteiger partial charge in [-0.3, -0.25) is 4.79 Å². The SMILES string of the molecule is C/C(=C\C(=O)N1CCC(OC2CCOC2)CC1)c1cccc(Cl)c1. The van der Waals surface area contributed by atoms with Crippen LogP contribution in [0.3, 0.4) is 0 Å². The molecule has 2 fully saturated rings. The number of carbonyl (C=O) groups is 1. The number of hydrogen-bond acceptors (Lipinski definition) is 3. The van der Waals surface area contributed by atoms with Crippen LogP contribution in [0.4, 0.5) is 0 Å². The normalized spacial score (nSPS) is 22.8. The third-order valence-corrected chi connectivity index (χ3v) is 4.88. The summed E-state index contributed by atoms with van der Waals surface area (Å²) in [6.07, 6.45) is 4.97. The van der Waals surface area contributed by atoms with Gasteiger partial charge >= 0.3 is 0 Å². The maximum absolute atomic E-state index is 12.5. The average Bonchev–Trinajstić information content (AvgIpc) is 3.08. The van der Waals surface area contributed by atoms with E-state index in [4.69, 9.17) is 21.1 Å². The van der Waals surface area contributed by atoms with Gasteiger partial charge < -0.3 is 14.4 Å². The molecule has 0 N–H and O–H groups in total. The van der Waals surface area contributed by atoms with Gasteiger partial charge in [-0.1, -0.05) is 23.7 Å². The van der Waals surface area contributed by atoms with Crippen LogP contribution in [-0.2, 0) is 14.3 Å². The van der Waals surface area contributed by atoms with E-state index in [1.165, 1.54) is 0 Å². The number of allylic oxidation sites excluding steroid dienone is 1. The van der Waals surface area contributed by atoms with Crippen molar-refractivity contribution in [3.8, 4) is 0 Å². The standard InChI is InChI=1S/C19H24ClNO3/c1-14(15-3-2-4-16(20)12-15)11-19(22)21-8-5-17(6-9-21)24-18-7-10-23-13-18/h2-4,11-12,17-18H,5-10,13H2,1H3/b14-11+. The summed E-state index contributed by atoms with van der Waals surface area (Å²) in [5.41, 5.74) is 1.92. The summed E-state index contributed by atoms with van der Waals surface area (Å²) in [7, 11) is 0. The maximum Gasteiger partial charge on any atom is 0.246 e. The number of benzene rings is 1. The van der Waals surface area contributed by atoms with Crippen LogP contribution in [-0.4, -0.2) is 49.3 Å². The Hall–Kier alpha value is -1.36. The molecule has 0 radical (unpaired) electrons. The van der Waals surface area contributed by atoms with E-state index in [0.29, 0.717) is 11.6 Å². The van der Waals surface area contributed by atoms with Crippen molar-refractivity contribution in [2.45, 2.75) is 38.4 Å². The zero-order chi connectivity index (χ0) is 16.9. The fraction of sp³-hybridized carbons (Fsp3) is 0.526. The first kappa shape index (κ1) is 17.5. The molecule has 1 amide bonds. The Bertz CT molecular complexity index is 602.